The molecule has 1 aliphatic rings. The summed E-state index contributed by atoms with van der Waals surface area (Å²) in [5.74, 6) is 1.42. The van der Waals surface area contributed by atoms with Crippen LogP contribution in [-0.4, -0.2) is 32.9 Å². The topological polar surface area (TPSA) is 43.0 Å². The summed E-state index contributed by atoms with van der Waals surface area (Å²) in [6, 6.07) is 20.2. The zero-order valence-corrected chi connectivity index (χ0v) is 21.0. The van der Waals surface area contributed by atoms with Crippen LogP contribution in [0.1, 0.15) is 18.1 Å². The molecule has 174 valence electrons. The van der Waals surface area contributed by atoms with E-state index in [9.17, 15) is 0 Å². The molecular formula is C26H28BrClN2O3. The summed E-state index contributed by atoms with van der Waals surface area (Å²) in [7, 11) is 0. The van der Waals surface area contributed by atoms with Crippen LogP contribution in [0.25, 0.3) is 0 Å². The van der Waals surface area contributed by atoms with Crippen LogP contribution in [-0.2, 0) is 17.9 Å². The number of halogens is 2. The first kappa shape index (κ1) is 23.7. The van der Waals surface area contributed by atoms with E-state index in [-0.39, 0.29) is 0 Å². The van der Waals surface area contributed by atoms with Crippen LogP contribution in [0.15, 0.2) is 65.1 Å². The monoisotopic (exact) mass is 530 g/mol. The average molecular weight is 532 g/mol. The van der Waals surface area contributed by atoms with Gasteiger partial charge in [0.1, 0.15) is 6.61 Å². The fourth-order valence-corrected chi connectivity index (χ4v) is 4.37. The fraction of sp³-hybridized carbons (Fsp3) is 0.308. The molecule has 3 aromatic rings. The molecule has 7 heteroatoms. The summed E-state index contributed by atoms with van der Waals surface area (Å²) in [4.78, 5) is 2.35. The summed E-state index contributed by atoms with van der Waals surface area (Å²) >= 11 is 9.78. The lowest BCUT2D eigenvalue weighted by Crippen LogP contribution is -2.36. The fourth-order valence-electron chi connectivity index (χ4n) is 3.69. The van der Waals surface area contributed by atoms with Crippen LogP contribution in [0.4, 0.5) is 11.4 Å². The number of hydrogen-bond acceptors (Lipinski definition) is 5. The first-order chi connectivity index (χ1) is 16.1. The summed E-state index contributed by atoms with van der Waals surface area (Å²) in [6.45, 7) is 7.05. The summed E-state index contributed by atoms with van der Waals surface area (Å²) in [5.41, 5.74) is 4.39. The molecule has 4 rings (SSSR count). The second-order valence-electron chi connectivity index (χ2n) is 7.74. The maximum absolute atomic E-state index is 6.08. The molecule has 0 aromatic heterocycles. The summed E-state index contributed by atoms with van der Waals surface area (Å²) < 4.78 is 18.3. The van der Waals surface area contributed by atoms with Gasteiger partial charge in [0.15, 0.2) is 11.5 Å². The highest BCUT2D eigenvalue weighted by Gasteiger charge is 2.13. The van der Waals surface area contributed by atoms with Gasteiger partial charge in [-0.05, 0) is 66.6 Å². The quantitative estimate of drug-likeness (QED) is 0.340. The van der Waals surface area contributed by atoms with Gasteiger partial charge in [0, 0.05) is 40.5 Å². The lowest BCUT2D eigenvalue weighted by Gasteiger charge is -2.29. The largest absolute Gasteiger partial charge is 0.490 e. The molecule has 0 atom stereocenters. The van der Waals surface area contributed by atoms with Gasteiger partial charge in [0.25, 0.3) is 0 Å². The molecule has 0 spiro atoms. The molecule has 33 heavy (non-hydrogen) atoms. The lowest BCUT2D eigenvalue weighted by molar-refractivity contribution is 0.122. The molecule has 1 heterocycles. The molecule has 0 amide bonds. The normalized spacial score (nSPS) is 13.6. The minimum absolute atomic E-state index is 0.417. The Morgan fingerprint density at radius 2 is 1.76 bits per heavy atom. The van der Waals surface area contributed by atoms with Crippen molar-refractivity contribution in [1.82, 2.24) is 0 Å². The van der Waals surface area contributed by atoms with Crippen LogP contribution >= 0.6 is 27.5 Å². The third-order valence-corrected chi connectivity index (χ3v) is 6.40. The van der Waals surface area contributed by atoms with Crippen molar-refractivity contribution in [2.24, 2.45) is 0 Å². The van der Waals surface area contributed by atoms with E-state index in [0.717, 1.165) is 53.3 Å². The Balaban J connectivity index is 1.41. The summed E-state index contributed by atoms with van der Waals surface area (Å²) in [6.07, 6.45) is 0. The highest BCUT2D eigenvalue weighted by atomic mass is 79.9. The average Bonchev–Trinajstić information content (AvgIpc) is 2.84. The highest BCUT2D eigenvalue weighted by Crippen LogP contribution is 2.35. The van der Waals surface area contributed by atoms with Crippen molar-refractivity contribution in [3.63, 3.8) is 0 Å². The van der Waals surface area contributed by atoms with Crippen LogP contribution < -0.4 is 19.7 Å². The van der Waals surface area contributed by atoms with Gasteiger partial charge in [-0.3, -0.25) is 0 Å². The van der Waals surface area contributed by atoms with Crippen molar-refractivity contribution in [1.29, 1.82) is 0 Å². The van der Waals surface area contributed by atoms with Gasteiger partial charge >= 0.3 is 0 Å². The zero-order chi connectivity index (χ0) is 23.0. The third kappa shape index (κ3) is 6.56. The maximum Gasteiger partial charge on any atom is 0.162 e. The molecule has 1 N–H and O–H groups in total. The number of ether oxygens (including phenoxy) is 3. The smallest absolute Gasteiger partial charge is 0.162 e. The molecule has 0 unspecified atom stereocenters. The summed E-state index contributed by atoms with van der Waals surface area (Å²) in [5, 5.41) is 4.20. The number of benzene rings is 3. The predicted molar refractivity (Wildman–Crippen MR) is 138 cm³/mol. The zero-order valence-electron chi connectivity index (χ0n) is 18.7. The Labute approximate surface area is 208 Å². The van der Waals surface area contributed by atoms with Gasteiger partial charge in [0.05, 0.1) is 19.8 Å². The Hall–Kier alpha value is -2.41. The second kappa shape index (κ2) is 11.6. The molecule has 1 saturated heterocycles. The van der Waals surface area contributed by atoms with Crippen molar-refractivity contribution < 1.29 is 14.2 Å². The van der Waals surface area contributed by atoms with Gasteiger partial charge in [0.2, 0.25) is 0 Å². The van der Waals surface area contributed by atoms with Crippen molar-refractivity contribution in [2.75, 3.05) is 43.1 Å². The molecule has 1 fully saturated rings. The van der Waals surface area contributed by atoms with Crippen molar-refractivity contribution in [2.45, 2.75) is 20.1 Å². The molecule has 5 nitrogen and oxygen atoms in total. The van der Waals surface area contributed by atoms with Crippen LogP contribution in [0.2, 0.25) is 5.02 Å². The Kier molecular flexibility index (Phi) is 8.37. The third-order valence-electron chi connectivity index (χ3n) is 5.42. The van der Waals surface area contributed by atoms with E-state index in [0.29, 0.717) is 30.5 Å². The van der Waals surface area contributed by atoms with E-state index < -0.39 is 0 Å². The molecular weight excluding hydrogens is 504 g/mol. The van der Waals surface area contributed by atoms with E-state index in [2.05, 4.69) is 50.4 Å². The first-order valence-electron chi connectivity index (χ1n) is 11.1. The van der Waals surface area contributed by atoms with E-state index in [1.165, 1.54) is 5.69 Å². The minimum atomic E-state index is 0.417. The highest BCUT2D eigenvalue weighted by molar-refractivity contribution is 9.10. The van der Waals surface area contributed by atoms with Gasteiger partial charge < -0.3 is 24.4 Å². The van der Waals surface area contributed by atoms with Crippen molar-refractivity contribution in [3.8, 4) is 11.5 Å². The molecule has 0 saturated carbocycles. The Morgan fingerprint density at radius 1 is 1.00 bits per heavy atom. The second-order valence-corrected chi connectivity index (χ2v) is 9.03. The van der Waals surface area contributed by atoms with Crippen molar-refractivity contribution in [3.05, 3.63) is 81.3 Å². The molecule has 3 aromatic carbocycles. The standard InChI is InChI=1S/C26H28BrClN2O3/c1-2-32-25-15-20(24(27)16-26(25)33-18-19-4-3-5-21(28)14-19)17-29-22-6-8-23(9-7-22)30-10-12-31-13-11-30/h3-9,14-16,29H,2,10-13,17-18H2,1H3. The Bertz CT molecular complexity index is 1060. The lowest BCUT2D eigenvalue weighted by atomic mass is 10.2. The molecule has 1 aliphatic heterocycles. The van der Waals surface area contributed by atoms with E-state index >= 15 is 0 Å². The number of morpholine rings is 1. The SMILES string of the molecule is CCOc1cc(CNc2ccc(N3CCOCC3)cc2)c(Br)cc1OCc1cccc(Cl)c1. The van der Waals surface area contributed by atoms with Crippen LogP contribution in [0.3, 0.4) is 0 Å². The molecule has 0 aliphatic carbocycles. The predicted octanol–water partition coefficient (Wildman–Crippen LogP) is 6.53. The van der Waals surface area contributed by atoms with Gasteiger partial charge in [-0.15, -0.1) is 0 Å². The molecule has 0 bridgehead atoms. The van der Waals surface area contributed by atoms with Crippen LogP contribution in [0, 0.1) is 0 Å². The van der Waals surface area contributed by atoms with E-state index in [4.69, 9.17) is 25.8 Å². The van der Waals surface area contributed by atoms with Crippen LogP contribution in [0.5, 0.6) is 11.5 Å². The van der Waals surface area contributed by atoms with Gasteiger partial charge in [-0.2, -0.15) is 0 Å². The Morgan fingerprint density at radius 3 is 2.48 bits per heavy atom. The molecule has 0 radical (unpaired) electrons. The minimum Gasteiger partial charge on any atom is -0.490 e. The number of nitrogens with zero attached hydrogens (tertiary/aromatic N) is 1. The van der Waals surface area contributed by atoms with E-state index in [1.54, 1.807) is 0 Å². The number of anilines is 2. The van der Waals surface area contributed by atoms with Crippen molar-refractivity contribution >= 4 is 38.9 Å². The van der Waals surface area contributed by atoms with E-state index in [1.807, 2.05) is 43.3 Å². The number of rotatable bonds is 9. The van der Waals surface area contributed by atoms with Gasteiger partial charge in [-0.1, -0.05) is 39.7 Å². The van der Waals surface area contributed by atoms with Gasteiger partial charge in [-0.25, -0.2) is 0 Å². The number of nitrogens with one attached hydrogen (secondary N) is 1. The number of hydrogen-bond donors (Lipinski definition) is 1. The maximum atomic E-state index is 6.08. The first-order valence-corrected chi connectivity index (χ1v) is 12.3.